The first-order valence-corrected chi connectivity index (χ1v) is 10.8. The molecule has 2 aromatic heterocycles. The number of carbonyl (C=O) groups excluding carboxylic acids is 1. The van der Waals surface area contributed by atoms with Crippen LogP contribution in [0.5, 0.6) is 0 Å². The van der Waals surface area contributed by atoms with Crippen LogP contribution in [0, 0.1) is 0 Å². The van der Waals surface area contributed by atoms with E-state index in [4.69, 9.17) is 0 Å². The maximum atomic E-state index is 13.0. The molecule has 0 saturated carbocycles. The molecule has 2 unspecified atom stereocenters. The fourth-order valence-corrected chi connectivity index (χ4v) is 5.09. The predicted octanol–water partition coefficient (Wildman–Crippen LogP) is 4.03. The van der Waals surface area contributed by atoms with Gasteiger partial charge < -0.3 is 4.90 Å². The molecule has 0 bridgehead atoms. The van der Waals surface area contributed by atoms with Crippen molar-refractivity contribution in [2.75, 3.05) is 6.54 Å². The lowest BCUT2D eigenvalue weighted by molar-refractivity contribution is -0.132. The largest absolute Gasteiger partial charge is 0.339 e. The number of rotatable bonds is 6. The van der Waals surface area contributed by atoms with E-state index in [1.54, 1.807) is 17.0 Å². The lowest BCUT2D eigenvalue weighted by Gasteiger charge is -2.32. The molecule has 4 rings (SSSR count). The van der Waals surface area contributed by atoms with E-state index >= 15 is 0 Å². The SMILES string of the molecule is CCC(c1ccccc1)C1CCCN1C(=O)CCn1cnc2sccc2c1=O. The molecule has 1 aliphatic rings. The number of hydrogen-bond acceptors (Lipinski definition) is 4. The van der Waals surface area contributed by atoms with Crippen molar-refractivity contribution in [1.82, 2.24) is 14.5 Å². The van der Waals surface area contributed by atoms with Crippen molar-refractivity contribution in [3.63, 3.8) is 0 Å². The van der Waals surface area contributed by atoms with Crippen LogP contribution < -0.4 is 5.56 Å². The fourth-order valence-electron chi connectivity index (χ4n) is 4.36. The van der Waals surface area contributed by atoms with Crippen LogP contribution in [0.25, 0.3) is 10.2 Å². The zero-order valence-corrected chi connectivity index (χ0v) is 16.9. The molecule has 1 saturated heterocycles. The number of nitrogens with zero attached hydrogens (tertiary/aromatic N) is 3. The quantitative estimate of drug-likeness (QED) is 0.633. The van der Waals surface area contributed by atoms with Gasteiger partial charge in [0.05, 0.1) is 11.7 Å². The lowest BCUT2D eigenvalue weighted by Crippen LogP contribution is -2.39. The average Bonchev–Trinajstić information content (AvgIpc) is 3.39. The van der Waals surface area contributed by atoms with Gasteiger partial charge in [-0.3, -0.25) is 14.2 Å². The highest BCUT2D eigenvalue weighted by molar-refractivity contribution is 7.16. The summed E-state index contributed by atoms with van der Waals surface area (Å²) in [6.07, 6.45) is 4.99. The predicted molar refractivity (Wildman–Crippen MR) is 113 cm³/mol. The van der Waals surface area contributed by atoms with Gasteiger partial charge in [-0.2, -0.15) is 0 Å². The smallest absolute Gasteiger partial charge is 0.262 e. The Morgan fingerprint density at radius 3 is 2.89 bits per heavy atom. The molecule has 2 atom stereocenters. The Kier molecular flexibility index (Phi) is 5.57. The number of amides is 1. The van der Waals surface area contributed by atoms with Crippen LogP contribution >= 0.6 is 11.3 Å². The van der Waals surface area contributed by atoms with Crippen molar-refractivity contribution >= 4 is 27.5 Å². The molecule has 146 valence electrons. The van der Waals surface area contributed by atoms with Gasteiger partial charge in [0.15, 0.2) is 0 Å². The summed E-state index contributed by atoms with van der Waals surface area (Å²) in [7, 11) is 0. The van der Waals surface area contributed by atoms with E-state index in [-0.39, 0.29) is 17.5 Å². The van der Waals surface area contributed by atoms with E-state index in [1.807, 2.05) is 16.3 Å². The Morgan fingerprint density at radius 1 is 1.29 bits per heavy atom. The number of fused-ring (bicyclic) bond motifs is 1. The van der Waals surface area contributed by atoms with Crippen LogP contribution in [0.15, 0.2) is 52.9 Å². The Labute approximate surface area is 168 Å². The highest BCUT2D eigenvalue weighted by Crippen LogP contribution is 2.33. The summed E-state index contributed by atoms with van der Waals surface area (Å²) in [5, 5.41) is 2.51. The molecule has 0 radical (unpaired) electrons. The molecule has 0 N–H and O–H groups in total. The van der Waals surface area contributed by atoms with Gasteiger partial charge in [0.25, 0.3) is 5.56 Å². The van der Waals surface area contributed by atoms with E-state index in [9.17, 15) is 9.59 Å². The van der Waals surface area contributed by atoms with Crippen molar-refractivity contribution in [3.8, 4) is 0 Å². The van der Waals surface area contributed by atoms with Gasteiger partial charge in [0.2, 0.25) is 5.91 Å². The van der Waals surface area contributed by atoms with Crippen LogP contribution in [-0.2, 0) is 11.3 Å². The number of thiophene rings is 1. The third-order valence-corrected chi connectivity index (χ3v) is 6.59. The average molecular weight is 396 g/mol. The van der Waals surface area contributed by atoms with Gasteiger partial charge in [-0.1, -0.05) is 37.3 Å². The van der Waals surface area contributed by atoms with Gasteiger partial charge in [-0.05, 0) is 36.3 Å². The molecule has 3 aromatic rings. The van der Waals surface area contributed by atoms with E-state index < -0.39 is 0 Å². The Bertz CT molecular complexity index is 1010. The number of benzene rings is 1. The minimum atomic E-state index is -0.0623. The van der Waals surface area contributed by atoms with Gasteiger partial charge >= 0.3 is 0 Å². The summed E-state index contributed by atoms with van der Waals surface area (Å²) in [5.74, 6) is 0.494. The number of aromatic nitrogens is 2. The van der Waals surface area contributed by atoms with Crippen LogP contribution in [0.3, 0.4) is 0 Å². The van der Waals surface area contributed by atoms with Crippen molar-refractivity contribution in [3.05, 3.63) is 64.0 Å². The molecule has 1 aliphatic heterocycles. The van der Waals surface area contributed by atoms with Gasteiger partial charge in [-0.25, -0.2) is 4.98 Å². The molecule has 6 heteroatoms. The molecule has 1 fully saturated rings. The maximum absolute atomic E-state index is 13.0. The molecule has 3 heterocycles. The number of carbonyl (C=O) groups is 1. The van der Waals surface area contributed by atoms with Crippen LogP contribution in [0.2, 0.25) is 0 Å². The number of likely N-dealkylation sites (tertiary alicyclic amines) is 1. The molecule has 0 spiro atoms. The Hall–Kier alpha value is -2.47. The molecule has 0 aliphatic carbocycles. The minimum Gasteiger partial charge on any atom is -0.339 e. The van der Waals surface area contributed by atoms with Crippen LogP contribution in [-0.4, -0.2) is 32.9 Å². The highest BCUT2D eigenvalue weighted by atomic mass is 32.1. The summed E-state index contributed by atoms with van der Waals surface area (Å²) < 4.78 is 1.56. The van der Waals surface area contributed by atoms with E-state index in [2.05, 4.69) is 36.2 Å². The first-order valence-electron chi connectivity index (χ1n) is 9.96. The maximum Gasteiger partial charge on any atom is 0.262 e. The fraction of sp³-hybridized carbons (Fsp3) is 0.409. The second-order valence-electron chi connectivity index (χ2n) is 7.35. The van der Waals surface area contributed by atoms with Crippen molar-refractivity contribution < 1.29 is 4.79 Å². The van der Waals surface area contributed by atoms with E-state index in [0.717, 1.165) is 30.6 Å². The highest BCUT2D eigenvalue weighted by Gasteiger charge is 2.34. The summed E-state index contributed by atoms with van der Waals surface area (Å²) in [4.78, 5) is 32.7. The van der Waals surface area contributed by atoms with Crippen molar-refractivity contribution in [2.45, 2.75) is 51.1 Å². The standard InChI is InChI=1S/C22H25N3O2S/c1-2-17(16-7-4-3-5-8-16)19-9-6-12-25(19)20(26)10-13-24-15-23-21-18(22(24)27)11-14-28-21/h3-5,7-8,11,14-15,17,19H,2,6,9-10,12-13H2,1H3. The van der Waals surface area contributed by atoms with Gasteiger partial charge in [-0.15, -0.1) is 11.3 Å². The second-order valence-corrected chi connectivity index (χ2v) is 8.25. The third kappa shape index (κ3) is 3.61. The van der Waals surface area contributed by atoms with Crippen molar-refractivity contribution in [1.29, 1.82) is 0 Å². The molecule has 1 aromatic carbocycles. The monoisotopic (exact) mass is 395 g/mol. The summed E-state index contributed by atoms with van der Waals surface area (Å²) in [6.45, 7) is 3.38. The summed E-state index contributed by atoms with van der Waals surface area (Å²) in [6, 6.07) is 12.5. The zero-order chi connectivity index (χ0) is 19.5. The topological polar surface area (TPSA) is 55.2 Å². The number of aryl methyl sites for hydroxylation is 1. The summed E-state index contributed by atoms with van der Waals surface area (Å²) in [5.41, 5.74) is 1.24. The van der Waals surface area contributed by atoms with Gasteiger partial charge in [0, 0.05) is 31.5 Å². The lowest BCUT2D eigenvalue weighted by atomic mass is 9.87. The molecule has 28 heavy (non-hydrogen) atoms. The minimum absolute atomic E-state index is 0.0623. The molecule has 5 nitrogen and oxygen atoms in total. The second kappa shape index (κ2) is 8.27. The van der Waals surface area contributed by atoms with Crippen LogP contribution in [0.4, 0.5) is 0 Å². The third-order valence-electron chi connectivity index (χ3n) is 5.77. The normalized spacial score (nSPS) is 17.9. The number of hydrogen-bond donors (Lipinski definition) is 0. The van der Waals surface area contributed by atoms with E-state index in [1.165, 1.54) is 16.9 Å². The summed E-state index contributed by atoms with van der Waals surface area (Å²) >= 11 is 1.46. The van der Waals surface area contributed by atoms with E-state index in [0.29, 0.717) is 24.3 Å². The Balaban J connectivity index is 1.47. The first kappa shape index (κ1) is 18.9. The van der Waals surface area contributed by atoms with Crippen molar-refractivity contribution in [2.24, 2.45) is 0 Å². The molecular weight excluding hydrogens is 370 g/mol. The first-order chi connectivity index (χ1) is 13.7. The van der Waals surface area contributed by atoms with Crippen LogP contribution in [0.1, 0.15) is 44.1 Å². The van der Waals surface area contributed by atoms with Gasteiger partial charge in [0.1, 0.15) is 4.83 Å². The Morgan fingerprint density at radius 2 is 2.11 bits per heavy atom. The zero-order valence-electron chi connectivity index (χ0n) is 16.1. The molecular formula is C22H25N3O2S. The molecule has 1 amide bonds.